The number of hydrogen-bond donors (Lipinski definition) is 2. The van der Waals surface area contributed by atoms with Gasteiger partial charge in [0, 0.05) is 19.3 Å². The number of carbonyl (C=O) groups is 1. The standard InChI is InChI=1S/C13H18N2O4S/c1-13(2)11(12(16)17)15(20(18)19)8-9-6-4-5-7-10(9)14(13)3/h4-7,11H,8H2,1-3H3,(H,16,17)(H,18,19). The topological polar surface area (TPSA) is 81.1 Å². The lowest BCUT2D eigenvalue weighted by molar-refractivity contribution is -0.143. The largest absolute Gasteiger partial charge is 0.480 e. The quantitative estimate of drug-likeness (QED) is 0.805. The van der Waals surface area contributed by atoms with E-state index in [9.17, 15) is 18.7 Å². The van der Waals surface area contributed by atoms with Crippen molar-refractivity contribution >= 4 is 22.9 Å². The Morgan fingerprint density at radius 1 is 1.40 bits per heavy atom. The molecule has 0 fully saturated rings. The third kappa shape index (κ3) is 2.32. The summed E-state index contributed by atoms with van der Waals surface area (Å²) in [5.74, 6) is -1.11. The summed E-state index contributed by atoms with van der Waals surface area (Å²) in [6.07, 6.45) is 0. The van der Waals surface area contributed by atoms with Gasteiger partial charge in [-0.05, 0) is 25.5 Å². The van der Waals surface area contributed by atoms with E-state index < -0.39 is 28.8 Å². The van der Waals surface area contributed by atoms with Crippen molar-refractivity contribution in [2.75, 3.05) is 11.9 Å². The summed E-state index contributed by atoms with van der Waals surface area (Å²) in [5, 5.41) is 9.50. The van der Waals surface area contributed by atoms with E-state index in [-0.39, 0.29) is 6.54 Å². The summed E-state index contributed by atoms with van der Waals surface area (Å²) >= 11 is -2.36. The Hall–Kier alpha value is -1.44. The number of benzene rings is 1. The van der Waals surface area contributed by atoms with Gasteiger partial charge in [-0.3, -0.25) is 9.35 Å². The van der Waals surface area contributed by atoms with Crippen LogP contribution in [0.5, 0.6) is 0 Å². The number of rotatable bonds is 2. The van der Waals surface area contributed by atoms with Crippen LogP contribution in [0.2, 0.25) is 0 Å². The van der Waals surface area contributed by atoms with Gasteiger partial charge in [0.2, 0.25) is 11.3 Å². The second kappa shape index (κ2) is 5.16. The summed E-state index contributed by atoms with van der Waals surface area (Å²) in [7, 11) is 1.80. The molecule has 0 aliphatic carbocycles. The maximum atomic E-state index is 11.6. The molecule has 110 valence electrons. The number of hydrogen-bond acceptors (Lipinski definition) is 3. The van der Waals surface area contributed by atoms with E-state index in [1.807, 2.05) is 29.2 Å². The molecule has 20 heavy (non-hydrogen) atoms. The maximum absolute atomic E-state index is 11.6. The molecule has 0 spiro atoms. The van der Waals surface area contributed by atoms with Gasteiger partial charge in [-0.2, -0.15) is 4.31 Å². The molecule has 0 saturated heterocycles. The average molecular weight is 298 g/mol. The van der Waals surface area contributed by atoms with Gasteiger partial charge in [0.05, 0.1) is 5.54 Å². The van der Waals surface area contributed by atoms with Crippen molar-refractivity contribution in [3.63, 3.8) is 0 Å². The molecule has 2 atom stereocenters. The zero-order chi connectivity index (χ0) is 15.1. The van der Waals surface area contributed by atoms with Crippen LogP contribution in [0.1, 0.15) is 19.4 Å². The molecule has 0 amide bonds. The lowest BCUT2D eigenvalue weighted by atomic mass is 9.92. The van der Waals surface area contributed by atoms with Crippen molar-refractivity contribution in [1.82, 2.24) is 4.31 Å². The minimum atomic E-state index is -2.36. The van der Waals surface area contributed by atoms with Crippen molar-refractivity contribution in [3.8, 4) is 0 Å². The van der Waals surface area contributed by atoms with Crippen LogP contribution in [0.25, 0.3) is 0 Å². The Labute approximate surface area is 120 Å². The fourth-order valence-corrected chi connectivity index (χ4v) is 3.43. The number of likely N-dealkylation sites (N-methyl/N-ethyl adjacent to an activating group) is 1. The molecule has 2 unspecified atom stereocenters. The number of carboxylic acid groups (broad SMARTS) is 1. The zero-order valence-corrected chi connectivity index (χ0v) is 12.4. The molecule has 1 aliphatic heterocycles. The van der Waals surface area contributed by atoms with Crippen LogP contribution in [0.15, 0.2) is 24.3 Å². The Bertz CT molecular complexity index is 561. The van der Waals surface area contributed by atoms with Gasteiger partial charge >= 0.3 is 5.97 Å². The maximum Gasteiger partial charge on any atom is 0.324 e. The molecule has 0 saturated carbocycles. The third-order valence-electron chi connectivity index (χ3n) is 3.94. The fraction of sp³-hybridized carbons (Fsp3) is 0.462. The second-order valence-corrected chi connectivity index (χ2v) is 6.32. The molecule has 0 radical (unpaired) electrons. The first-order valence-electron chi connectivity index (χ1n) is 6.19. The van der Waals surface area contributed by atoms with E-state index in [0.29, 0.717) is 0 Å². The molecule has 1 aromatic rings. The fourth-order valence-electron chi connectivity index (χ4n) is 2.65. The molecule has 1 aromatic carbocycles. The van der Waals surface area contributed by atoms with Crippen molar-refractivity contribution in [3.05, 3.63) is 29.8 Å². The van der Waals surface area contributed by atoms with Gasteiger partial charge in [-0.1, -0.05) is 18.2 Å². The number of anilines is 1. The van der Waals surface area contributed by atoms with Gasteiger partial charge in [-0.15, -0.1) is 0 Å². The molecule has 0 aromatic heterocycles. The predicted molar refractivity (Wildman–Crippen MR) is 76.7 cm³/mol. The van der Waals surface area contributed by atoms with Crippen molar-refractivity contribution in [2.24, 2.45) is 0 Å². The average Bonchev–Trinajstić information content (AvgIpc) is 2.44. The molecule has 2 rings (SSSR count). The number of aliphatic carboxylic acids is 1. The van der Waals surface area contributed by atoms with Crippen LogP contribution >= 0.6 is 0 Å². The highest BCUT2D eigenvalue weighted by Gasteiger charge is 2.47. The Morgan fingerprint density at radius 3 is 2.55 bits per heavy atom. The minimum absolute atomic E-state index is 0.115. The van der Waals surface area contributed by atoms with Crippen LogP contribution < -0.4 is 4.90 Å². The van der Waals surface area contributed by atoms with E-state index in [4.69, 9.17) is 0 Å². The summed E-state index contributed by atoms with van der Waals surface area (Å²) in [6, 6.07) is 6.34. The summed E-state index contributed by atoms with van der Waals surface area (Å²) in [6.45, 7) is 3.63. The van der Waals surface area contributed by atoms with Crippen LogP contribution in [0, 0.1) is 0 Å². The molecule has 1 heterocycles. The Morgan fingerprint density at radius 2 is 2.00 bits per heavy atom. The van der Waals surface area contributed by atoms with Gasteiger partial charge in [0.15, 0.2) is 0 Å². The number of carboxylic acids is 1. The smallest absolute Gasteiger partial charge is 0.324 e. The normalized spacial score (nSPS) is 23.8. The second-order valence-electron chi connectivity index (χ2n) is 5.39. The molecule has 6 nitrogen and oxygen atoms in total. The highest BCUT2D eigenvalue weighted by atomic mass is 32.2. The molecule has 7 heteroatoms. The van der Waals surface area contributed by atoms with Crippen LogP contribution in [-0.4, -0.2) is 42.8 Å². The SMILES string of the molecule is CN1c2ccccc2CN(S(=O)O)C(C(=O)O)C1(C)C. The van der Waals surface area contributed by atoms with Gasteiger partial charge in [0.1, 0.15) is 6.04 Å². The first-order valence-corrected chi connectivity index (χ1v) is 7.25. The Kier molecular flexibility index (Phi) is 3.86. The lowest BCUT2D eigenvalue weighted by Crippen LogP contribution is -2.60. The van der Waals surface area contributed by atoms with Crippen LogP contribution in [-0.2, 0) is 22.6 Å². The molecule has 1 aliphatic rings. The first kappa shape index (κ1) is 15.0. The summed E-state index contributed by atoms with van der Waals surface area (Å²) < 4.78 is 22.2. The monoisotopic (exact) mass is 298 g/mol. The van der Waals surface area contributed by atoms with Gasteiger partial charge < -0.3 is 10.0 Å². The summed E-state index contributed by atoms with van der Waals surface area (Å²) in [5.41, 5.74) is 0.863. The minimum Gasteiger partial charge on any atom is -0.480 e. The highest BCUT2D eigenvalue weighted by molar-refractivity contribution is 7.76. The predicted octanol–water partition coefficient (Wildman–Crippen LogP) is 1.31. The van der Waals surface area contributed by atoms with E-state index in [1.54, 1.807) is 20.9 Å². The first-order chi connectivity index (χ1) is 9.26. The van der Waals surface area contributed by atoms with Crippen LogP contribution in [0.4, 0.5) is 5.69 Å². The third-order valence-corrected chi connectivity index (χ3v) is 4.68. The highest BCUT2D eigenvalue weighted by Crippen LogP contribution is 2.35. The van der Waals surface area contributed by atoms with Gasteiger partial charge in [0.25, 0.3) is 0 Å². The number of fused-ring (bicyclic) bond motifs is 1. The molecular formula is C13H18N2O4S. The molecule has 2 N–H and O–H groups in total. The summed E-state index contributed by atoms with van der Waals surface area (Å²) in [4.78, 5) is 13.5. The number of nitrogens with zero attached hydrogens (tertiary/aromatic N) is 2. The van der Waals surface area contributed by atoms with Gasteiger partial charge in [-0.25, -0.2) is 4.21 Å². The van der Waals surface area contributed by atoms with Crippen molar-refractivity contribution in [2.45, 2.75) is 32.0 Å². The molecular weight excluding hydrogens is 280 g/mol. The van der Waals surface area contributed by atoms with Crippen LogP contribution in [0.3, 0.4) is 0 Å². The molecule has 0 bridgehead atoms. The van der Waals surface area contributed by atoms with E-state index in [1.165, 1.54) is 0 Å². The van der Waals surface area contributed by atoms with E-state index in [0.717, 1.165) is 15.6 Å². The zero-order valence-electron chi connectivity index (χ0n) is 11.6. The lowest BCUT2D eigenvalue weighted by Gasteiger charge is -2.41. The van der Waals surface area contributed by atoms with Crippen molar-refractivity contribution < 1.29 is 18.7 Å². The van der Waals surface area contributed by atoms with E-state index in [2.05, 4.69) is 0 Å². The van der Waals surface area contributed by atoms with E-state index >= 15 is 0 Å². The number of para-hydroxylation sites is 1. The van der Waals surface area contributed by atoms with Crippen molar-refractivity contribution in [1.29, 1.82) is 0 Å². The Balaban J connectivity index is 2.63.